The first-order chi connectivity index (χ1) is 9.34. The number of carbonyl (C=O) groups excluding carboxylic acids is 1. The van der Waals surface area contributed by atoms with Crippen molar-refractivity contribution < 1.29 is 13.2 Å². The Hall–Kier alpha value is -1.40. The molecule has 0 radical (unpaired) electrons. The Morgan fingerprint density at radius 3 is 2.35 bits per heavy atom. The second kappa shape index (κ2) is 7.40. The molecule has 0 aliphatic carbocycles. The lowest BCUT2D eigenvalue weighted by molar-refractivity contribution is -0.120. The van der Waals surface area contributed by atoms with Crippen LogP contribution >= 0.6 is 0 Å². The fraction of sp³-hybridized carbons (Fsp3) is 0.500. The maximum absolute atomic E-state index is 11.4. The van der Waals surface area contributed by atoms with Crippen molar-refractivity contribution in [2.75, 3.05) is 19.3 Å². The number of amides is 1. The molecule has 0 saturated carbocycles. The molecule has 2 N–H and O–H groups in total. The molecule has 0 aliphatic rings. The summed E-state index contributed by atoms with van der Waals surface area (Å²) < 4.78 is 22.7. The van der Waals surface area contributed by atoms with Crippen molar-refractivity contribution in [3.63, 3.8) is 0 Å². The van der Waals surface area contributed by atoms with Gasteiger partial charge in [0.15, 0.2) is 9.84 Å². The summed E-state index contributed by atoms with van der Waals surface area (Å²) in [6.07, 6.45) is 1.62. The summed E-state index contributed by atoms with van der Waals surface area (Å²) in [5.74, 6) is 0.0274. The average molecular weight is 298 g/mol. The van der Waals surface area contributed by atoms with Crippen LogP contribution in [-0.4, -0.2) is 33.7 Å². The Bertz CT molecular complexity index is 538. The van der Waals surface area contributed by atoms with Gasteiger partial charge >= 0.3 is 0 Å². The number of hydrogen-bond acceptors (Lipinski definition) is 4. The summed E-state index contributed by atoms with van der Waals surface area (Å²) in [6.45, 7) is 5.09. The molecule has 0 aromatic heterocycles. The standard InChI is InChI=1S/C14H22N2O3S/c1-4-15-14(17)9-10-16-11(2)12-5-7-13(8-6-12)20(3,18)19/h5-8,11,16H,4,9-10H2,1-3H3,(H,15,17). The summed E-state index contributed by atoms with van der Waals surface area (Å²) in [7, 11) is -3.15. The number of sulfone groups is 1. The molecular weight excluding hydrogens is 276 g/mol. The van der Waals surface area contributed by atoms with E-state index in [0.29, 0.717) is 24.4 Å². The predicted molar refractivity (Wildman–Crippen MR) is 79.3 cm³/mol. The fourth-order valence-corrected chi connectivity index (χ4v) is 2.44. The predicted octanol–water partition coefficient (Wildman–Crippen LogP) is 1.27. The minimum absolute atomic E-state index is 0.0274. The van der Waals surface area contributed by atoms with Crippen LogP contribution in [0.25, 0.3) is 0 Å². The van der Waals surface area contributed by atoms with Gasteiger partial charge in [0.2, 0.25) is 5.91 Å². The van der Waals surface area contributed by atoms with Crippen LogP contribution in [0.5, 0.6) is 0 Å². The van der Waals surface area contributed by atoms with Gasteiger partial charge in [-0.1, -0.05) is 12.1 Å². The van der Waals surface area contributed by atoms with E-state index in [4.69, 9.17) is 0 Å². The Morgan fingerprint density at radius 2 is 1.85 bits per heavy atom. The summed E-state index contributed by atoms with van der Waals surface area (Å²) in [5.41, 5.74) is 0.994. The zero-order valence-electron chi connectivity index (χ0n) is 12.1. The molecule has 0 spiro atoms. The smallest absolute Gasteiger partial charge is 0.221 e. The summed E-state index contributed by atoms with van der Waals surface area (Å²) >= 11 is 0. The SMILES string of the molecule is CCNC(=O)CCNC(C)c1ccc(S(C)(=O)=O)cc1. The number of benzene rings is 1. The molecule has 0 fully saturated rings. The summed E-state index contributed by atoms with van der Waals surface area (Å²) in [6, 6.07) is 6.86. The highest BCUT2D eigenvalue weighted by atomic mass is 32.2. The largest absolute Gasteiger partial charge is 0.356 e. The molecule has 1 rings (SSSR count). The van der Waals surface area contributed by atoms with E-state index < -0.39 is 9.84 Å². The Labute approximate surface area is 120 Å². The zero-order valence-corrected chi connectivity index (χ0v) is 13.0. The highest BCUT2D eigenvalue weighted by Crippen LogP contribution is 2.16. The first-order valence-electron chi connectivity index (χ1n) is 6.64. The second-order valence-electron chi connectivity index (χ2n) is 4.72. The Morgan fingerprint density at radius 1 is 1.25 bits per heavy atom. The molecule has 1 aromatic rings. The van der Waals surface area contributed by atoms with Crippen LogP contribution in [0.2, 0.25) is 0 Å². The maximum atomic E-state index is 11.4. The van der Waals surface area contributed by atoms with Crippen LogP contribution in [-0.2, 0) is 14.6 Å². The molecule has 0 heterocycles. The van der Waals surface area contributed by atoms with Crippen LogP contribution in [0.1, 0.15) is 31.9 Å². The van der Waals surface area contributed by atoms with Crippen molar-refractivity contribution in [1.29, 1.82) is 0 Å². The van der Waals surface area contributed by atoms with E-state index in [2.05, 4.69) is 10.6 Å². The van der Waals surface area contributed by atoms with Crippen LogP contribution < -0.4 is 10.6 Å². The molecule has 1 amide bonds. The average Bonchev–Trinajstić information content (AvgIpc) is 2.38. The van der Waals surface area contributed by atoms with E-state index in [0.717, 1.165) is 5.56 Å². The van der Waals surface area contributed by atoms with Gasteiger partial charge in [-0.15, -0.1) is 0 Å². The van der Waals surface area contributed by atoms with Crippen LogP contribution in [0.15, 0.2) is 29.2 Å². The van der Waals surface area contributed by atoms with E-state index in [1.54, 1.807) is 24.3 Å². The van der Waals surface area contributed by atoms with Crippen molar-refractivity contribution in [1.82, 2.24) is 10.6 Å². The summed E-state index contributed by atoms with van der Waals surface area (Å²) in [5, 5.41) is 5.97. The van der Waals surface area contributed by atoms with E-state index in [1.165, 1.54) is 6.26 Å². The molecule has 1 unspecified atom stereocenters. The molecule has 0 bridgehead atoms. The zero-order chi connectivity index (χ0) is 15.2. The van der Waals surface area contributed by atoms with Crippen molar-refractivity contribution in [2.45, 2.75) is 31.2 Å². The third kappa shape index (κ3) is 5.30. The van der Waals surface area contributed by atoms with Gasteiger partial charge in [0.1, 0.15) is 0 Å². The third-order valence-corrected chi connectivity index (χ3v) is 4.11. The molecule has 1 atom stereocenters. The van der Waals surface area contributed by atoms with E-state index in [1.807, 2.05) is 13.8 Å². The number of rotatable bonds is 7. The second-order valence-corrected chi connectivity index (χ2v) is 6.74. The molecule has 6 heteroatoms. The van der Waals surface area contributed by atoms with Crippen molar-refractivity contribution in [3.05, 3.63) is 29.8 Å². The van der Waals surface area contributed by atoms with Crippen molar-refractivity contribution in [2.24, 2.45) is 0 Å². The number of carbonyl (C=O) groups is 1. The minimum Gasteiger partial charge on any atom is -0.356 e. The van der Waals surface area contributed by atoms with E-state index in [9.17, 15) is 13.2 Å². The fourth-order valence-electron chi connectivity index (χ4n) is 1.81. The lowest BCUT2D eigenvalue weighted by Gasteiger charge is -2.14. The topological polar surface area (TPSA) is 75.3 Å². The van der Waals surface area contributed by atoms with Crippen molar-refractivity contribution in [3.8, 4) is 0 Å². The number of nitrogens with one attached hydrogen (secondary N) is 2. The Kier molecular flexibility index (Phi) is 6.16. The highest BCUT2D eigenvalue weighted by Gasteiger charge is 2.09. The van der Waals surface area contributed by atoms with Gasteiger partial charge in [0.05, 0.1) is 4.90 Å². The Balaban J connectivity index is 2.52. The quantitative estimate of drug-likeness (QED) is 0.795. The van der Waals surface area contributed by atoms with Gasteiger partial charge < -0.3 is 10.6 Å². The van der Waals surface area contributed by atoms with Crippen LogP contribution in [0, 0.1) is 0 Å². The minimum atomic E-state index is -3.15. The number of hydrogen-bond donors (Lipinski definition) is 2. The third-order valence-electron chi connectivity index (χ3n) is 2.98. The maximum Gasteiger partial charge on any atom is 0.221 e. The van der Waals surface area contributed by atoms with E-state index >= 15 is 0 Å². The molecule has 0 aliphatic heterocycles. The van der Waals surface area contributed by atoms with Gasteiger partial charge in [0, 0.05) is 31.8 Å². The first kappa shape index (κ1) is 16.7. The van der Waals surface area contributed by atoms with Gasteiger partial charge in [-0.3, -0.25) is 4.79 Å². The highest BCUT2D eigenvalue weighted by molar-refractivity contribution is 7.90. The van der Waals surface area contributed by atoms with Crippen LogP contribution in [0.4, 0.5) is 0 Å². The van der Waals surface area contributed by atoms with Crippen molar-refractivity contribution >= 4 is 15.7 Å². The van der Waals surface area contributed by atoms with Crippen LogP contribution in [0.3, 0.4) is 0 Å². The molecule has 5 nitrogen and oxygen atoms in total. The molecule has 112 valence electrons. The lowest BCUT2D eigenvalue weighted by Crippen LogP contribution is -2.28. The molecule has 20 heavy (non-hydrogen) atoms. The molecular formula is C14H22N2O3S. The van der Waals surface area contributed by atoms with Gasteiger partial charge in [-0.05, 0) is 31.5 Å². The monoisotopic (exact) mass is 298 g/mol. The molecule has 1 aromatic carbocycles. The van der Waals surface area contributed by atoms with E-state index in [-0.39, 0.29) is 11.9 Å². The normalized spacial score (nSPS) is 12.9. The van der Waals surface area contributed by atoms with Gasteiger partial charge in [0.25, 0.3) is 0 Å². The van der Waals surface area contributed by atoms with Gasteiger partial charge in [-0.25, -0.2) is 8.42 Å². The molecule has 0 saturated heterocycles. The van der Waals surface area contributed by atoms with Gasteiger partial charge in [-0.2, -0.15) is 0 Å². The lowest BCUT2D eigenvalue weighted by atomic mass is 10.1. The summed E-state index contributed by atoms with van der Waals surface area (Å²) in [4.78, 5) is 11.6. The first-order valence-corrected chi connectivity index (χ1v) is 8.54.